The number of rotatable bonds is 7. The monoisotopic (exact) mass is 421 g/mol. The lowest BCUT2D eigenvalue weighted by Crippen LogP contribution is -2.39. The molecule has 0 aromatic heterocycles. The first-order valence-electron chi connectivity index (χ1n) is 10.4. The Bertz CT molecular complexity index is 998. The van der Waals surface area contributed by atoms with Gasteiger partial charge in [-0.05, 0) is 48.7 Å². The Morgan fingerprint density at radius 1 is 1.06 bits per heavy atom. The van der Waals surface area contributed by atoms with Gasteiger partial charge in [0.1, 0.15) is 18.0 Å². The molecular formula is C24H27N3O4. The zero-order chi connectivity index (χ0) is 22.0. The minimum atomic E-state index is -0.301. The van der Waals surface area contributed by atoms with E-state index >= 15 is 0 Å². The summed E-state index contributed by atoms with van der Waals surface area (Å²) in [6.45, 7) is 0.000372. The van der Waals surface area contributed by atoms with E-state index in [-0.39, 0.29) is 30.3 Å². The first-order chi connectivity index (χ1) is 15.0. The molecule has 0 radical (unpaired) electrons. The molecule has 1 saturated carbocycles. The standard InChI is InChI=1S/C24H27N3O4/c1-26(24(29)17-8-9-17)15-23(28)27-21(19-6-4-5-7-22(19)31-3)14-20(25-27)16-10-12-18(30-2)13-11-16/h4-7,10-13,17,21H,8-9,14-15H2,1-3H3/t21-/m1/s1. The molecule has 31 heavy (non-hydrogen) atoms. The molecule has 0 bridgehead atoms. The first kappa shape index (κ1) is 20.9. The Balaban J connectivity index is 1.62. The highest BCUT2D eigenvalue weighted by molar-refractivity contribution is 6.03. The van der Waals surface area contributed by atoms with Crippen LogP contribution in [0.25, 0.3) is 0 Å². The van der Waals surface area contributed by atoms with E-state index in [1.165, 1.54) is 9.91 Å². The molecule has 2 aromatic rings. The first-order valence-corrected chi connectivity index (χ1v) is 10.4. The number of nitrogens with zero attached hydrogens (tertiary/aromatic N) is 3. The number of benzene rings is 2. The lowest BCUT2D eigenvalue weighted by Gasteiger charge is -2.26. The second-order valence-electron chi connectivity index (χ2n) is 7.94. The highest BCUT2D eigenvalue weighted by atomic mass is 16.5. The third-order valence-electron chi connectivity index (χ3n) is 5.76. The number of carbonyl (C=O) groups is 2. The van der Waals surface area contributed by atoms with E-state index in [2.05, 4.69) is 5.10 Å². The Kier molecular flexibility index (Phi) is 5.93. The molecule has 7 heteroatoms. The largest absolute Gasteiger partial charge is 0.497 e. The maximum atomic E-state index is 13.2. The number of amides is 2. The SMILES string of the molecule is COc1ccc(C2=NN(C(=O)CN(C)C(=O)C3CC3)[C@@H](c3ccccc3OC)C2)cc1. The van der Waals surface area contributed by atoms with E-state index in [4.69, 9.17) is 9.47 Å². The van der Waals surface area contributed by atoms with Crippen LogP contribution in [0.3, 0.4) is 0 Å². The molecule has 1 atom stereocenters. The van der Waals surface area contributed by atoms with Crippen molar-refractivity contribution in [2.24, 2.45) is 11.0 Å². The summed E-state index contributed by atoms with van der Waals surface area (Å²) >= 11 is 0. The number of para-hydroxylation sites is 1. The van der Waals surface area contributed by atoms with Crippen LogP contribution in [0.15, 0.2) is 53.6 Å². The molecule has 1 fully saturated rings. The van der Waals surface area contributed by atoms with Crippen LogP contribution < -0.4 is 9.47 Å². The van der Waals surface area contributed by atoms with E-state index in [0.29, 0.717) is 12.2 Å². The molecule has 4 rings (SSSR count). The van der Waals surface area contributed by atoms with Crippen molar-refractivity contribution < 1.29 is 19.1 Å². The molecule has 2 amide bonds. The Labute approximate surface area is 182 Å². The third-order valence-corrected chi connectivity index (χ3v) is 5.76. The second kappa shape index (κ2) is 8.79. The summed E-state index contributed by atoms with van der Waals surface area (Å²) in [6, 6.07) is 15.0. The molecule has 0 spiro atoms. The van der Waals surface area contributed by atoms with Crippen LogP contribution in [0.2, 0.25) is 0 Å². The molecular weight excluding hydrogens is 394 g/mol. The molecule has 2 aliphatic rings. The summed E-state index contributed by atoms with van der Waals surface area (Å²) in [5.41, 5.74) is 2.63. The van der Waals surface area contributed by atoms with Crippen LogP contribution in [-0.2, 0) is 9.59 Å². The number of hydrazone groups is 1. The van der Waals surface area contributed by atoms with Crippen LogP contribution in [0.4, 0.5) is 0 Å². The number of hydrogen-bond acceptors (Lipinski definition) is 5. The second-order valence-corrected chi connectivity index (χ2v) is 7.94. The molecule has 162 valence electrons. The molecule has 1 aliphatic heterocycles. The Morgan fingerprint density at radius 3 is 2.42 bits per heavy atom. The van der Waals surface area contributed by atoms with E-state index in [1.807, 2.05) is 48.5 Å². The number of methoxy groups -OCH3 is 2. The average molecular weight is 421 g/mol. The van der Waals surface area contributed by atoms with Crippen molar-refractivity contribution in [2.75, 3.05) is 27.8 Å². The van der Waals surface area contributed by atoms with E-state index < -0.39 is 0 Å². The van der Waals surface area contributed by atoms with Crippen LogP contribution in [-0.4, -0.2) is 55.2 Å². The van der Waals surface area contributed by atoms with E-state index in [9.17, 15) is 9.59 Å². The van der Waals surface area contributed by atoms with Gasteiger partial charge >= 0.3 is 0 Å². The number of hydrogen-bond donors (Lipinski definition) is 0. The van der Waals surface area contributed by atoms with Gasteiger partial charge in [-0.25, -0.2) is 5.01 Å². The van der Waals surface area contributed by atoms with Gasteiger partial charge < -0.3 is 14.4 Å². The number of carbonyl (C=O) groups excluding carboxylic acids is 2. The summed E-state index contributed by atoms with van der Waals surface area (Å²) < 4.78 is 10.8. The Hall–Kier alpha value is -3.35. The van der Waals surface area contributed by atoms with Crippen LogP contribution in [0.5, 0.6) is 11.5 Å². The van der Waals surface area contributed by atoms with Crippen molar-refractivity contribution in [3.8, 4) is 11.5 Å². The van der Waals surface area contributed by atoms with Gasteiger partial charge in [0, 0.05) is 24.9 Å². The van der Waals surface area contributed by atoms with Crippen molar-refractivity contribution in [1.29, 1.82) is 0 Å². The van der Waals surface area contributed by atoms with Crippen LogP contribution in [0, 0.1) is 5.92 Å². The predicted molar refractivity (Wildman–Crippen MR) is 117 cm³/mol. The number of likely N-dealkylation sites (N-methyl/N-ethyl adjacent to an activating group) is 1. The molecule has 0 unspecified atom stereocenters. The van der Waals surface area contributed by atoms with Crippen LogP contribution in [0.1, 0.15) is 36.4 Å². The summed E-state index contributed by atoms with van der Waals surface area (Å²) in [6.07, 6.45) is 2.37. The van der Waals surface area contributed by atoms with E-state index in [0.717, 1.165) is 35.4 Å². The zero-order valence-corrected chi connectivity index (χ0v) is 18.1. The minimum Gasteiger partial charge on any atom is -0.497 e. The Morgan fingerprint density at radius 2 is 1.77 bits per heavy atom. The smallest absolute Gasteiger partial charge is 0.262 e. The number of ether oxygens (including phenoxy) is 2. The van der Waals surface area contributed by atoms with Gasteiger partial charge in [0.2, 0.25) is 5.91 Å². The van der Waals surface area contributed by atoms with Gasteiger partial charge in [-0.15, -0.1) is 0 Å². The summed E-state index contributed by atoms with van der Waals surface area (Å²) in [5, 5.41) is 6.19. The van der Waals surface area contributed by atoms with Crippen molar-refractivity contribution in [3.63, 3.8) is 0 Å². The van der Waals surface area contributed by atoms with Crippen molar-refractivity contribution in [3.05, 3.63) is 59.7 Å². The molecule has 7 nitrogen and oxygen atoms in total. The van der Waals surface area contributed by atoms with Crippen LogP contribution >= 0.6 is 0 Å². The fourth-order valence-corrected chi connectivity index (χ4v) is 3.88. The maximum Gasteiger partial charge on any atom is 0.262 e. The molecule has 2 aromatic carbocycles. The molecule has 0 saturated heterocycles. The highest BCUT2D eigenvalue weighted by Gasteiger charge is 2.37. The van der Waals surface area contributed by atoms with Gasteiger partial charge in [-0.2, -0.15) is 5.10 Å². The van der Waals surface area contributed by atoms with Gasteiger partial charge in [-0.1, -0.05) is 18.2 Å². The van der Waals surface area contributed by atoms with E-state index in [1.54, 1.807) is 21.3 Å². The highest BCUT2D eigenvalue weighted by Crippen LogP contribution is 2.38. The van der Waals surface area contributed by atoms with Gasteiger partial charge in [-0.3, -0.25) is 9.59 Å². The predicted octanol–water partition coefficient (Wildman–Crippen LogP) is 3.25. The van der Waals surface area contributed by atoms with Gasteiger partial charge in [0.05, 0.1) is 26.0 Å². The lowest BCUT2D eigenvalue weighted by molar-refractivity contribution is -0.141. The molecule has 1 heterocycles. The fraction of sp³-hybridized carbons (Fsp3) is 0.375. The quantitative estimate of drug-likeness (QED) is 0.688. The van der Waals surface area contributed by atoms with Crippen molar-refractivity contribution >= 4 is 17.5 Å². The average Bonchev–Trinajstić information content (AvgIpc) is 3.56. The summed E-state index contributed by atoms with van der Waals surface area (Å²) in [7, 11) is 4.92. The normalized spacial score (nSPS) is 17.8. The molecule has 1 aliphatic carbocycles. The molecule has 0 N–H and O–H groups in total. The third kappa shape index (κ3) is 4.40. The van der Waals surface area contributed by atoms with Gasteiger partial charge in [0.25, 0.3) is 5.91 Å². The maximum absolute atomic E-state index is 13.2. The minimum absolute atomic E-state index is 0.000372. The zero-order valence-electron chi connectivity index (χ0n) is 18.1. The lowest BCUT2D eigenvalue weighted by atomic mass is 9.97. The van der Waals surface area contributed by atoms with Crippen molar-refractivity contribution in [1.82, 2.24) is 9.91 Å². The summed E-state index contributed by atoms with van der Waals surface area (Å²) in [4.78, 5) is 27.1. The topological polar surface area (TPSA) is 71.4 Å². The van der Waals surface area contributed by atoms with Crippen molar-refractivity contribution in [2.45, 2.75) is 25.3 Å². The fourth-order valence-electron chi connectivity index (χ4n) is 3.88. The summed E-state index contributed by atoms with van der Waals surface area (Å²) in [5.74, 6) is 1.35. The van der Waals surface area contributed by atoms with Gasteiger partial charge in [0.15, 0.2) is 0 Å².